The van der Waals surface area contributed by atoms with Gasteiger partial charge in [0, 0.05) is 25.5 Å². The van der Waals surface area contributed by atoms with Crippen molar-refractivity contribution in [3.8, 4) is 23.0 Å². The zero-order valence-electron chi connectivity index (χ0n) is 16.3. The maximum atomic E-state index is 12.3. The molecule has 1 aromatic carbocycles. The fourth-order valence-corrected chi connectivity index (χ4v) is 3.43. The van der Waals surface area contributed by atoms with Crippen LogP contribution in [0.2, 0.25) is 0 Å². The number of aromatic nitrogens is 3. The highest BCUT2D eigenvalue weighted by molar-refractivity contribution is 5.93. The summed E-state index contributed by atoms with van der Waals surface area (Å²) >= 11 is 0. The number of hydrogen-bond acceptors (Lipinski definition) is 5. The predicted molar refractivity (Wildman–Crippen MR) is 110 cm³/mol. The van der Waals surface area contributed by atoms with Crippen molar-refractivity contribution in [3.05, 3.63) is 70.3 Å². The van der Waals surface area contributed by atoms with Crippen LogP contribution in [0, 0.1) is 11.3 Å². The molecule has 1 aliphatic heterocycles. The third-order valence-electron chi connectivity index (χ3n) is 5.08. The van der Waals surface area contributed by atoms with Crippen molar-refractivity contribution in [1.29, 1.82) is 5.26 Å². The number of nitrogens with zero attached hydrogens (tertiary/aromatic N) is 3. The topological polar surface area (TPSA) is 113 Å². The molecule has 1 amide bonds. The van der Waals surface area contributed by atoms with Gasteiger partial charge in [0.25, 0.3) is 11.5 Å². The van der Waals surface area contributed by atoms with Gasteiger partial charge < -0.3 is 10.1 Å². The van der Waals surface area contributed by atoms with E-state index in [-0.39, 0.29) is 17.6 Å². The molecule has 8 nitrogen and oxygen atoms in total. The Morgan fingerprint density at radius 2 is 2.13 bits per heavy atom. The van der Waals surface area contributed by atoms with Crippen molar-refractivity contribution >= 4 is 5.91 Å². The summed E-state index contributed by atoms with van der Waals surface area (Å²) in [5, 5.41) is 14.5. The third-order valence-corrected chi connectivity index (χ3v) is 5.08. The van der Waals surface area contributed by atoms with Crippen LogP contribution in [0.4, 0.5) is 0 Å². The Hall–Kier alpha value is -3.70. The zero-order chi connectivity index (χ0) is 20.9. The summed E-state index contributed by atoms with van der Waals surface area (Å²) in [7, 11) is 0. The van der Waals surface area contributed by atoms with Crippen LogP contribution in [0.1, 0.15) is 35.2 Å². The van der Waals surface area contributed by atoms with Gasteiger partial charge in [-0.05, 0) is 49.1 Å². The number of rotatable bonds is 6. The Bertz CT molecular complexity index is 1120. The van der Waals surface area contributed by atoms with Gasteiger partial charge in [-0.3, -0.25) is 14.7 Å². The van der Waals surface area contributed by atoms with Gasteiger partial charge in [-0.2, -0.15) is 5.26 Å². The van der Waals surface area contributed by atoms with Crippen molar-refractivity contribution in [1.82, 2.24) is 20.1 Å². The molecule has 1 saturated heterocycles. The highest BCUT2D eigenvalue weighted by Crippen LogP contribution is 2.17. The van der Waals surface area contributed by atoms with Crippen LogP contribution in [0.15, 0.2) is 53.6 Å². The SMILES string of the molecule is N#Cc1ccc(-c2cn(-c3ccc(C(=O)NCCC4CCCO4)cn3)[nH]c2=O)cc1. The lowest BCUT2D eigenvalue weighted by Gasteiger charge is -2.10. The summed E-state index contributed by atoms with van der Waals surface area (Å²) in [6.45, 7) is 1.36. The van der Waals surface area contributed by atoms with Crippen LogP contribution in [-0.2, 0) is 4.74 Å². The van der Waals surface area contributed by atoms with E-state index in [2.05, 4.69) is 21.5 Å². The molecule has 0 saturated carbocycles. The molecule has 8 heteroatoms. The molecule has 3 aromatic rings. The number of carbonyl (C=O) groups is 1. The minimum Gasteiger partial charge on any atom is -0.378 e. The zero-order valence-corrected chi connectivity index (χ0v) is 16.3. The lowest BCUT2D eigenvalue weighted by molar-refractivity contribution is 0.0907. The second kappa shape index (κ2) is 8.76. The van der Waals surface area contributed by atoms with E-state index in [1.165, 1.54) is 10.9 Å². The first-order chi connectivity index (χ1) is 14.6. The van der Waals surface area contributed by atoms with Gasteiger partial charge in [0.2, 0.25) is 0 Å². The van der Waals surface area contributed by atoms with E-state index in [0.29, 0.717) is 34.6 Å². The monoisotopic (exact) mass is 403 g/mol. The molecule has 0 spiro atoms. The maximum absolute atomic E-state index is 12.3. The quantitative estimate of drug-likeness (QED) is 0.656. The Morgan fingerprint density at radius 1 is 1.30 bits per heavy atom. The van der Waals surface area contributed by atoms with E-state index < -0.39 is 0 Å². The molecule has 3 heterocycles. The summed E-state index contributed by atoms with van der Waals surface area (Å²) in [4.78, 5) is 28.9. The highest BCUT2D eigenvalue weighted by Gasteiger charge is 2.16. The number of amides is 1. The normalized spacial score (nSPS) is 15.6. The minimum absolute atomic E-state index is 0.189. The van der Waals surface area contributed by atoms with Crippen LogP contribution < -0.4 is 10.9 Å². The molecule has 0 radical (unpaired) electrons. The lowest BCUT2D eigenvalue weighted by atomic mass is 10.1. The molecule has 1 unspecified atom stereocenters. The number of ether oxygens (including phenoxy) is 1. The predicted octanol–water partition coefficient (Wildman–Crippen LogP) is 2.40. The van der Waals surface area contributed by atoms with Gasteiger partial charge >= 0.3 is 0 Å². The van der Waals surface area contributed by atoms with Crippen molar-refractivity contribution in [2.24, 2.45) is 0 Å². The van der Waals surface area contributed by atoms with E-state index in [1.807, 2.05) is 0 Å². The molecule has 0 bridgehead atoms. The fourth-order valence-electron chi connectivity index (χ4n) is 3.43. The van der Waals surface area contributed by atoms with Gasteiger partial charge in [0.05, 0.1) is 28.9 Å². The van der Waals surface area contributed by atoms with Crippen LogP contribution in [0.25, 0.3) is 16.9 Å². The van der Waals surface area contributed by atoms with Crippen LogP contribution in [0.3, 0.4) is 0 Å². The molecule has 0 aliphatic carbocycles. The van der Waals surface area contributed by atoms with E-state index >= 15 is 0 Å². The molecule has 152 valence electrons. The summed E-state index contributed by atoms with van der Waals surface area (Å²) in [6.07, 6.45) is 6.30. The standard InChI is InChI=1S/C22H21N5O3/c23-12-15-3-5-16(6-4-15)19-14-27(26-22(19)29)20-8-7-17(13-25-20)21(28)24-10-9-18-2-1-11-30-18/h3-8,13-14,18H,1-2,9-11H2,(H,24,28)(H,26,29). The van der Waals surface area contributed by atoms with Crippen molar-refractivity contribution < 1.29 is 9.53 Å². The van der Waals surface area contributed by atoms with E-state index in [9.17, 15) is 9.59 Å². The van der Waals surface area contributed by atoms with E-state index in [0.717, 1.165) is 25.9 Å². The van der Waals surface area contributed by atoms with E-state index in [4.69, 9.17) is 10.00 Å². The number of pyridine rings is 1. The van der Waals surface area contributed by atoms with Crippen molar-refractivity contribution in [3.63, 3.8) is 0 Å². The number of nitriles is 1. The Morgan fingerprint density at radius 3 is 2.80 bits per heavy atom. The Kier molecular flexibility index (Phi) is 5.72. The highest BCUT2D eigenvalue weighted by atomic mass is 16.5. The molecule has 2 N–H and O–H groups in total. The van der Waals surface area contributed by atoms with Gasteiger partial charge in [0.15, 0.2) is 5.82 Å². The van der Waals surface area contributed by atoms with Gasteiger partial charge in [0.1, 0.15) is 0 Å². The van der Waals surface area contributed by atoms with Gasteiger partial charge in [-0.15, -0.1) is 0 Å². The number of aromatic amines is 1. The summed E-state index contributed by atoms with van der Waals surface area (Å²) in [6, 6.07) is 12.2. The summed E-state index contributed by atoms with van der Waals surface area (Å²) in [5.74, 6) is 0.300. The number of carbonyl (C=O) groups excluding carboxylic acids is 1. The third kappa shape index (κ3) is 4.31. The number of benzene rings is 1. The van der Waals surface area contributed by atoms with E-state index in [1.54, 1.807) is 42.6 Å². The molecule has 30 heavy (non-hydrogen) atoms. The lowest BCUT2D eigenvalue weighted by Crippen LogP contribution is -2.27. The first-order valence-electron chi connectivity index (χ1n) is 9.82. The number of H-pyrrole nitrogens is 1. The molecule has 2 aromatic heterocycles. The fraction of sp³-hybridized carbons (Fsp3) is 0.273. The molecular formula is C22H21N5O3. The Balaban J connectivity index is 1.43. The van der Waals surface area contributed by atoms with Crippen molar-refractivity contribution in [2.75, 3.05) is 13.2 Å². The first-order valence-corrected chi connectivity index (χ1v) is 9.82. The minimum atomic E-state index is -0.266. The molecule has 4 rings (SSSR count). The van der Waals surface area contributed by atoms with Crippen LogP contribution in [-0.4, -0.2) is 39.9 Å². The second-order valence-corrected chi connectivity index (χ2v) is 7.13. The van der Waals surface area contributed by atoms with Gasteiger partial charge in [-0.1, -0.05) is 12.1 Å². The second-order valence-electron chi connectivity index (χ2n) is 7.13. The van der Waals surface area contributed by atoms with Gasteiger partial charge in [-0.25, -0.2) is 9.67 Å². The van der Waals surface area contributed by atoms with Crippen molar-refractivity contribution in [2.45, 2.75) is 25.4 Å². The molecular weight excluding hydrogens is 382 g/mol. The number of nitrogens with one attached hydrogen (secondary N) is 2. The first kappa shape index (κ1) is 19.6. The largest absolute Gasteiger partial charge is 0.378 e. The summed E-state index contributed by atoms with van der Waals surface area (Å²) in [5.41, 5.74) is 1.89. The Labute approximate surface area is 173 Å². The number of hydrogen-bond donors (Lipinski definition) is 2. The molecule has 1 atom stereocenters. The smallest absolute Gasteiger partial charge is 0.272 e. The van der Waals surface area contributed by atoms with Crippen LogP contribution >= 0.6 is 0 Å². The summed E-state index contributed by atoms with van der Waals surface area (Å²) < 4.78 is 7.06. The van der Waals surface area contributed by atoms with Crippen LogP contribution in [0.5, 0.6) is 0 Å². The molecule has 1 aliphatic rings. The molecule has 1 fully saturated rings. The average molecular weight is 403 g/mol. The maximum Gasteiger partial charge on any atom is 0.272 e. The average Bonchev–Trinajstić information content (AvgIpc) is 3.43.